The molecule has 0 aliphatic rings. The van der Waals surface area contributed by atoms with Crippen molar-refractivity contribution in [1.82, 2.24) is 0 Å². The van der Waals surface area contributed by atoms with Gasteiger partial charge in [0.15, 0.2) is 0 Å². The zero-order valence-corrected chi connectivity index (χ0v) is 9.92. The molecule has 0 spiro atoms. The van der Waals surface area contributed by atoms with Gasteiger partial charge in [0.1, 0.15) is 5.82 Å². The molecule has 3 heteroatoms. The van der Waals surface area contributed by atoms with E-state index < -0.39 is 0 Å². The monoisotopic (exact) mass is 230 g/mol. The molecule has 0 fully saturated rings. The maximum Gasteiger partial charge on any atom is 0.128 e. The standard InChI is InChI=1S/C14H15FN2/c1-9-11(15)5-3-7-13(9)17-14-8-4-6-12(16)10(14)2/h3-8,17H,16H2,1-2H3. The predicted molar refractivity (Wildman–Crippen MR) is 70.0 cm³/mol. The molecule has 0 saturated heterocycles. The van der Waals surface area contributed by atoms with Crippen molar-refractivity contribution in [3.8, 4) is 0 Å². The average Bonchev–Trinajstić information content (AvgIpc) is 2.31. The molecule has 0 aliphatic heterocycles. The summed E-state index contributed by atoms with van der Waals surface area (Å²) in [6, 6.07) is 10.6. The molecule has 0 radical (unpaired) electrons. The predicted octanol–water partition coefficient (Wildman–Crippen LogP) is 3.77. The van der Waals surface area contributed by atoms with Crippen molar-refractivity contribution < 1.29 is 4.39 Å². The Labute approximate surface area is 100 Å². The van der Waals surface area contributed by atoms with Crippen LogP contribution >= 0.6 is 0 Å². The smallest absolute Gasteiger partial charge is 0.128 e. The highest BCUT2D eigenvalue weighted by Crippen LogP contribution is 2.27. The lowest BCUT2D eigenvalue weighted by atomic mass is 10.1. The number of hydrogen-bond donors (Lipinski definition) is 2. The third-order valence-electron chi connectivity index (χ3n) is 2.91. The van der Waals surface area contributed by atoms with E-state index in [1.54, 1.807) is 13.0 Å². The van der Waals surface area contributed by atoms with Crippen LogP contribution in [0.15, 0.2) is 36.4 Å². The zero-order valence-electron chi connectivity index (χ0n) is 9.92. The van der Waals surface area contributed by atoms with Gasteiger partial charge in [-0.05, 0) is 43.7 Å². The van der Waals surface area contributed by atoms with Crippen molar-refractivity contribution in [2.24, 2.45) is 0 Å². The van der Waals surface area contributed by atoms with Crippen molar-refractivity contribution in [2.45, 2.75) is 13.8 Å². The van der Waals surface area contributed by atoms with Crippen LogP contribution in [0, 0.1) is 19.7 Å². The maximum atomic E-state index is 13.4. The van der Waals surface area contributed by atoms with Gasteiger partial charge in [-0.2, -0.15) is 0 Å². The highest BCUT2D eigenvalue weighted by Gasteiger charge is 2.06. The highest BCUT2D eigenvalue weighted by atomic mass is 19.1. The van der Waals surface area contributed by atoms with Crippen LogP contribution in [0.1, 0.15) is 11.1 Å². The Morgan fingerprint density at radius 2 is 1.53 bits per heavy atom. The van der Waals surface area contributed by atoms with Crippen LogP contribution < -0.4 is 11.1 Å². The minimum Gasteiger partial charge on any atom is -0.398 e. The van der Waals surface area contributed by atoms with E-state index >= 15 is 0 Å². The van der Waals surface area contributed by atoms with Crippen LogP contribution in [0.2, 0.25) is 0 Å². The summed E-state index contributed by atoms with van der Waals surface area (Å²) in [6.07, 6.45) is 0. The van der Waals surface area contributed by atoms with Crippen molar-refractivity contribution in [3.05, 3.63) is 53.3 Å². The SMILES string of the molecule is Cc1c(N)cccc1Nc1cccc(F)c1C. The number of hydrogen-bond acceptors (Lipinski definition) is 2. The first-order chi connectivity index (χ1) is 8.09. The van der Waals surface area contributed by atoms with Crippen LogP contribution in [0.5, 0.6) is 0 Å². The molecular formula is C14H15FN2. The lowest BCUT2D eigenvalue weighted by molar-refractivity contribution is 0.619. The molecule has 0 amide bonds. The Kier molecular flexibility index (Phi) is 3.00. The van der Waals surface area contributed by atoms with Gasteiger partial charge in [-0.3, -0.25) is 0 Å². The number of nitrogens with one attached hydrogen (secondary N) is 1. The summed E-state index contributed by atoms with van der Waals surface area (Å²) in [6.45, 7) is 3.69. The number of benzene rings is 2. The Morgan fingerprint density at radius 1 is 0.941 bits per heavy atom. The summed E-state index contributed by atoms with van der Waals surface area (Å²) in [4.78, 5) is 0. The lowest BCUT2D eigenvalue weighted by Gasteiger charge is -2.13. The largest absolute Gasteiger partial charge is 0.398 e. The van der Waals surface area contributed by atoms with Gasteiger partial charge in [0.05, 0.1) is 0 Å². The molecule has 88 valence electrons. The van der Waals surface area contributed by atoms with Crippen molar-refractivity contribution in [2.75, 3.05) is 11.1 Å². The number of nitrogens with two attached hydrogens (primary N) is 1. The second kappa shape index (κ2) is 4.45. The van der Waals surface area contributed by atoms with E-state index in [1.807, 2.05) is 31.2 Å². The van der Waals surface area contributed by atoms with E-state index in [0.717, 1.165) is 22.6 Å². The number of rotatable bonds is 2. The van der Waals surface area contributed by atoms with Crippen molar-refractivity contribution in [1.29, 1.82) is 0 Å². The molecule has 17 heavy (non-hydrogen) atoms. The topological polar surface area (TPSA) is 38.0 Å². The van der Waals surface area contributed by atoms with E-state index in [1.165, 1.54) is 6.07 Å². The molecule has 0 aliphatic carbocycles. The molecule has 0 saturated carbocycles. The normalized spacial score (nSPS) is 10.3. The maximum absolute atomic E-state index is 13.4. The van der Waals surface area contributed by atoms with E-state index in [2.05, 4.69) is 5.32 Å². The molecule has 2 aromatic rings. The van der Waals surface area contributed by atoms with Gasteiger partial charge in [0, 0.05) is 22.6 Å². The van der Waals surface area contributed by atoms with Crippen LogP contribution in [-0.4, -0.2) is 0 Å². The fourth-order valence-corrected chi connectivity index (χ4v) is 1.68. The van der Waals surface area contributed by atoms with Crippen LogP contribution in [0.3, 0.4) is 0 Å². The molecule has 2 nitrogen and oxygen atoms in total. The summed E-state index contributed by atoms with van der Waals surface area (Å²) >= 11 is 0. The van der Waals surface area contributed by atoms with E-state index in [4.69, 9.17) is 5.73 Å². The average molecular weight is 230 g/mol. The minimum absolute atomic E-state index is 0.212. The lowest BCUT2D eigenvalue weighted by Crippen LogP contribution is -1.99. The first-order valence-electron chi connectivity index (χ1n) is 5.47. The minimum atomic E-state index is -0.212. The fraction of sp³-hybridized carbons (Fsp3) is 0.143. The molecule has 0 unspecified atom stereocenters. The summed E-state index contributed by atoms with van der Waals surface area (Å²) < 4.78 is 13.4. The van der Waals surface area contributed by atoms with E-state index in [-0.39, 0.29) is 5.82 Å². The van der Waals surface area contributed by atoms with Gasteiger partial charge in [0.25, 0.3) is 0 Å². The Bertz CT molecular complexity index is 500. The first-order valence-corrected chi connectivity index (χ1v) is 5.47. The Hall–Kier alpha value is -2.03. The summed E-state index contributed by atoms with van der Waals surface area (Å²) in [5.41, 5.74) is 9.79. The molecule has 0 heterocycles. The van der Waals surface area contributed by atoms with Crippen molar-refractivity contribution in [3.63, 3.8) is 0 Å². The van der Waals surface area contributed by atoms with Gasteiger partial charge in [0.2, 0.25) is 0 Å². The Balaban J connectivity index is 2.38. The molecular weight excluding hydrogens is 215 g/mol. The molecule has 3 N–H and O–H groups in total. The van der Waals surface area contributed by atoms with Crippen molar-refractivity contribution >= 4 is 17.1 Å². The van der Waals surface area contributed by atoms with Gasteiger partial charge >= 0.3 is 0 Å². The van der Waals surface area contributed by atoms with Crippen LogP contribution in [0.25, 0.3) is 0 Å². The second-order valence-corrected chi connectivity index (χ2v) is 4.06. The molecule has 0 bridgehead atoms. The summed E-state index contributed by atoms with van der Waals surface area (Å²) in [5, 5.41) is 3.20. The highest BCUT2D eigenvalue weighted by molar-refractivity contribution is 5.70. The fourth-order valence-electron chi connectivity index (χ4n) is 1.68. The zero-order chi connectivity index (χ0) is 12.4. The van der Waals surface area contributed by atoms with Gasteiger partial charge in [-0.1, -0.05) is 12.1 Å². The molecule has 2 aromatic carbocycles. The van der Waals surface area contributed by atoms with Crippen LogP contribution in [-0.2, 0) is 0 Å². The summed E-state index contributed by atoms with van der Waals surface area (Å²) in [5.74, 6) is -0.212. The van der Waals surface area contributed by atoms with E-state index in [0.29, 0.717) is 5.56 Å². The molecule has 2 rings (SSSR count). The van der Waals surface area contributed by atoms with Gasteiger partial charge in [-0.25, -0.2) is 4.39 Å². The quantitative estimate of drug-likeness (QED) is 0.771. The number of anilines is 3. The second-order valence-electron chi connectivity index (χ2n) is 4.06. The third-order valence-corrected chi connectivity index (χ3v) is 2.91. The summed E-state index contributed by atoms with van der Waals surface area (Å²) in [7, 11) is 0. The van der Waals surface area contributed by atoms with E-state index in [9.17, 15) is 4.39 Å². The third kappa shape index (κ3) is 2.23. The number of nitrogen functional groups attached to an aromatic ring is 1. The first kappa shape index (κ1) is 11.5. The van der Waals surface area contributed by atoms with Gasteiger partial charge < -0.3 is 11.1 Å². The Morgan fingerprint density at radius 3 is 2.24 bits per heavy atom. The molecule has 0 atom stereocenters. The number of halogens is 1. The molecule has 0 aromatic heterocycles. The van der Waals surface area contributed by atoms with Crippen LogP contribution in [0.4, 0.5) is 21.5 Å². The van der Waals surface area contributed by atoms with Gasteiger partial charge in [-0.15, -0.1) is 0 Å².